The van der Waals surface area contributed by atoms with Crippen molar-refractivity contribution >= 4 is 27.3 Å². The summed E-state index contributed by atoms with van der Waals surface area (Å²) in [4.78, 5) is 17.8. The van der Waals surface area contributed by atoms with Crippen molar-refractivity contribution in [2.24, 2.45) is 22.9 Å². The highest BCUT2D eigenvalue weighted by Crippen LogP contribution is 2.62. The summed E-state index contributed by atoms with van der Waals surface area (Å²) in [5.41, 5.74) is 5.09. The van der Waals surface area contributed by atoms with E-state index in [0.29, 0.717) is 54.5 Å². The number of benzene rings is 4. The second kappa shape index (κ2) is 21.8. The second-order valence-corrected chi connectivity index (χ2v) is 18.9. The first kappa shape index (κ1) is 47.6. The number of ether oxygens (including phenoxy) is 3. The quantitative estimate of drug-likeness (QED) is 0.0397. The van der Waals surface area contributed by atoms with Crippen molar-refractivity contribution in [1.29, 1.82) is 0 Å². The second-order valence-electron chi connectivity index (χ2n) is 17.0. The fourth-order valence-corrected chi connectivity index (χ4v) is 11.8. The molecule has 0 bridgehead atoms. The molecule has 1 fully saturated rings. The smallest absolute Gasteiger partial charge is 0.243 e. The predicted octanol–water partition coefficient (Wildman–Crippen LogP) is 9.86. The number of hydrogen-bond donors (Lipinski definition) is 3. The van der Waals surface area contributed by atoms with Crippen LogP contribution < -0.4 is 14.8 Å². The van der Waals surface area contributed by atoms with Crippen LogP contribution in [0.25, 0.3) is 11.1 Å². The summed E-state index contributed by atoms with van der Waals surface area (Å²) >= 11 is 0. The molecule has 13 heteroatoms. The van der Waals surface area contributed by atoms with Gasteiger partial charge in [-0.2, -0.15) is 4.31 Å². The summed E-state index contributed by atoms with van der Waals surface area (Å²) in [7, 11) is -4.24. The topological polar surface area (TPSA) is 156 Å². The van der Waals surface area contributed by atoms with Crippen molar-refractivity contribution in [2.75, 3.05) is 38.3 Å². The zero-order chi connectivity index (χ0) is 46.0. The van der Waals surface area contributed by atoms with Gasteiger partial charge in [-0.05, 0) is 122 Å². The highest BCUT2D eigenvalue weighted by atomic mass is 32.2. The summed E-state index contributed by atoms with van der Waals surface area (Å²) in [6, 6.07) is 29.3. The maximum atomic E-state index is 15.2. The van der Waals surface area contributed by atoms with E-state index in [1.54, 1.807) is 18.2 Å². The Kier molecular flexibility index (Phi) is 16.0. The number of sulfonamides is 1. The van der Waals surface area contributed by atoms with Crippen LogP contribution >= 0.6 is 0 Å². The Bertz CT molecular complexity index is 2410. The molecule has 3 aliphatic rings. The van der Waals surface area contributed by atoms with E-state index in [2.05, 4.69) is 36.2 Å². The first-order chi connectivity index (χ1) is 31.6. The molecular weight excluding hydrogens is 843 g/mol. The first-order valence-electron chi connectivity index (χ1n) is 23.0. The molecule has 4 aromatic carbocycles. The van der Waals surface area contributed by atoms with E-state index >= 15 is 8.42 Å². The third kappa shape index (κ3) is 10.4. The average Bonchev–Trinajstić information content (AvgIpc) is 3.31. The normalized spacial score (nSPS) is 22.9. The minimum absolute atomic E-state index is 0.00611. The lowest BCUT2D eigenvalue weighted by atomic mass is 9.55. The number of carbonyl (C=O) groups excluding carboxylic acids is 1. The first-order valence-corrected chi connectivity index (χ1v) is 24.5. The minimum Gasteiger partial charge on any atom is -0.460 e. The number of nitrogens with one attached hydrogen (secondary N) is 1. The van der Waals surface area contributed by atoms with Gasteiger partial charge in [0.05, 0.1) is 29.2 Å². The van der Waals surface area contributed by atoms with Crippen LogP contribution in [-0.4, -0.2) is 79.4 Å². The highest BCUT2D eigenvalue weighted by molar-refractivity contribution is 7.89. The summed E-state index contributed by atoms with van der Waals surface area (Å²) < 4.78 is 52.8. The standard InChI is InChI=1S/C52H63N3O9S/c1-5-29-55(65(59,60)43-26-21-40(22-27-43)53-36(4)58)49-35-47(54-62-7-3)45-33-39(17-11-13-30-56)44(18-12-14-31-57)50-46-34-42(25-28-48(46)64-52(49,51(45)50)61-32-6-2)63-41-23-19-38(20-24-41)37-15-9-8-10-16-37/h6,8-10,15-16,19-28,33-34,39,44,49-51,56-57H,2,5,7,11-14,17-18,29-32,35H2,1,3-4H3,(H,53,58). The van der Waals surface area contributed by atoms with E-state index in [1.807, 2.05) is 68.4 Å². The summed E-state index contributed by atoms with van der Waals surface area (Å²) in [6.07, 6.45) is 8.96. The fourth-order valence-electron chi connectivity index (χ4n) is 10.0. The van der Waals surface area contributed by atoms with Crippen LogP contribution in [0.5, 0.6) is 17.2 Å². The van der Waals surface area contributed by atoms with Gasteiger partial charge in [0, 0.05) is 50.3 Å². The van der Waals surface area contributed by atoms with Gasteiger partial charge in [-0.15, -0.1) is 6.58 Å². The van der Waals surface area contributed by atoms with E-state index in [4.69, 9.17) is 24.2 Å². The average molecular weight is 906 g/mol. The lowest BCUT2D eigenvalue weighted by Gasteiger charge is -2.59. The Morgan fingerprint density at radius 2 is 1.62 bits per heavy atom. The number of carbonyl (C=O) groups is 1. The highest BCUT2D eigenvalue weighted by Gasteiger charge is 2.66. The van der Waals surface area contributed by atoms with E-state index < -0.39 is 27.8 Å². The predicted molar refractivity (Wildman–Crippen MR) is 253 cm³/mol. The van der Waals surface area contributed by atoms with Crippen LogP contribution in [0.2, 0.25) is 0 Å². The molecular formula is C52H63N3O9S. The van der Waals surface area contributed by atoms with Crippen LogP contribution in [0.4, 0.5) is 5.69 Å². The monoisotopic (exact) mass is 905 g/mol. The molecule has 4 aromatic rings. The van der Waals surface area contributed by atoms with Gasteiger partial charge in [-0.1, -0.05) is 79.5 Å². The Balaban J connectivity index is 1.41. The molecule has 0 saturated heterocycles. The molecule has 0 aromatic heterocycles. The van der Waals surface area contributed by atoms with Crippen LogP contribution in [0.15, 0.2) is 131 Å². The number of hydrogen-bond acceptors (Lipinski definition) is 10. The van der Waals surface area contributed by atoms with Gasteiger partial charge in [0.15, 0.2) is 0 Å². The van der Waals surface area contributed by atoms with Crippen LogP contribution in [0.3, 0.4) is 0 Å². The molecule has 2 aliphatic carbocycles. The number of anilines is 1. The van der Waals surface area contributed by atoms with Crippen LogP contribution in [0, 0.1) is 17.8 Å². The zero-order valence-corrected chi connectivity index (χ0v) is 38.5. The SMILES string of the molecule is C=CCOC12Oc3ccc(Oc4ccc(-c5ccccc5)cc4)cc3C3C(CCCCO)C(CCCCO)C=C(C(=NOCC)CC1N(CCC)S(=O)(=O)c1ccc(NC(C)=O)cc1)C32. The molecule has 0 radical (unpaired) electrons. The van der Waals surface area contributed by atoms with Crippen molar-refractivity contribution in [3.05, 3.63) is 127 Å². The van der Waals surface area contributed by atoms with Crippen molar-refractivity contribution in [2.45, 2.75) is 94.8 Å². The fraction of sp³-hybridized carbons (Fsp3) is 0.423. The Labute approximate surface area is 384 Å². The van der Waals surface area contributed by atoms with Crippen molar-refractivity contribution in [1.82, 2.24) is 4.31 Å². The zero-order valence-electron chi connectivity index (χ0n) is 37.7. The third-order valence-electron chi connectivity index (χ3n) is 12.7. The van der Waals surface area contributed by atoms with Crippen molar-refractivity contribution in [3.63, 3.8) is 0 Å². The maximum Gasteiger partial charge on any atom is 0.243 e. The van der Waals surface area contributed by atoms with Crippen molar-refractivity contribution < 1.29 is 42.5 Å². The van der Waals surface area contributed by atoms with Gasteiger partial charge < -0.3 is 34.6 Å². The molecule has 1 aliphatic heterocycles. The number of allylic oxidation sites excluding steroid dienone is 1. The number of aliphatic hydroxyl groups excluding tert-OH is 2. The Morgan fingerprint density at radius 1 is 0.923 bits per heavy atom. The summed E-state index contributed by atoms with van der Waals surface area (Å²) in [5, 5.41) is 27.4. The summed E-state index contributed by atoms with van der Waals surface area (Å²) in [5.74, 6) is -0.805. The molecule has 346 valence electrons. The molecule has 12 nitrogen and oxygen atoms in total. The molecule has 0 spiro atoms. The number of fused-ring (bicyclic) bond motifs is 2. The molecule has 1 amide bonds. The number of oxime groups is 1. The van der Waals surface area contributed by atoms with Gasteiger partial charge in [-0.25, -0.2) is 8.42 Å². The number of aliphatic hydroxyl groups is 2. The number of unbranched alkanes of at least 4 members (excludes halogenated alkanes) is 2. The van der Waals surface area contributed by atoms with Gasteiger partial charge >= 0.3 is 0 Å². The lowest BCUT2D eigenvalue weighted by molar-refractivity contribution is -0.251. The van der Waals surface area contributed by atoms with E-state index in [1.165, 1.54) is 23.4 Å². The van der Waals surface area contributed by atoms with Gasteiger partial charge in [-0.3, -0.25) is 4.79 Å². The van der Waals surface area contributed by atoms with E-state index in [-0.39, 0.29) is 61.3 Å². The molecule has 6 unspecified atom stereocenters. The maximum absolute atomic E-state index is 15.2. The van der Waals surface area contributed by atoms with Gasteiger partial charge in [0.25, 0.3) is 0 Å². The third-order valence-corrected chi connectivity index (χ3v) is 14.6. The van der Waals surface area contributed by atoms with Gasteiger partial charge in [0.1, 0.15) is 23.9 Å². The van der Waals surface area contributed by atoms with Gasteiger partial charge in [0.2, 0.25) is 21.7 Å². The molecule has 65 heavy (non-hydrogen) atoms. The summed E-state index contributed by atoms with van der Waals surface area (Å²) in [6.45, 7) is 9.89. The van der Waals surface area contributed by atoms with Crippen LogP contribution in [0.1, 0.15) is 83.6 Å². The molecule has 6 atom stereocenters. The Morgan fingerprint density at radius 3 is 2.28 bits per heavy atom. The largest absolute Gasteiger partial charge is 0.460 e. The molecule has 3 N–H and O–H groups in total. The van der Waals surface area contributed by atoms with E-state index in [9.17, 15) is 15.0 Å². The Hall–Kier alpha value is -5.31. The minimum atomic E-state index is -4.24. The molecule has 7 rings (SSSR count). The molecule has 1 heterocycles. The number of amides is 1. The molecule has 1 saturated carbocycles. The van der Waals surface area contributed by atoms with E-state index in [0.717, 1.165) is 47.9 Å². The number of rotatable bonds is 22. The van der Waals surface area contributed by atoms with Crippen LogP contribution in [-0.2, 0) is 24.4 Å². The number of nitrogens with zero attached hydrogens (tertiary/aromatic N) is 2. The van der Waals surface area contributed by atoms with Crippen molar-refractivity contribution in [3.8, 4) is 28.4 Å². The lowest BCUT2D eigenvalue weighted by Crippen LogP contribution is -2.70.